The molecule has 1 aliphatic rings. The van der Waals surface area contributed by atoms with Crippen LogP contribution in [0.3, 0.4) is 0 Å². The fourth-order valence-electron chi connectivity index (χ4n) is 4.45. The van der Waals surface area contributed by atoms with Crippen LogP contribution in [0.1, 0.15) is 58.4 Å². The van der Waals surface area contributed by atoms with Crippen LogP contribution in [0.4, 0.5) is 0 Å². The van der Waals surface area contributed by atoms with Gasteiger partial charge in [0.25, 0.3) is 5.91 Å². The molecule has 3 aromatic carbocycles. The molecular weight excluding hydrogens is 462 g/mol. The van der Waals surface area contributed by atoms with Crippen molar-refractivity contribution in [3.8, 4) is 16.9 Å². The number of carboxylic acid groups (broad SMARTS) is 1. The second-order valence-electron chi connectivity index (χ2n) is 9.04. The highest BCUT2D eigenvalue weighted by molar-refractivity contribution is 6.31. The molecule has 35 heavy (non-hydrogen) atoms. The van der Waals surface area contributed by atoms with Crippen molar-refractivity contribution in [2.24, 2.45) is 5.92 Å². The summed E-state index contributed by atoms with van der Waals surface area (Å²) in [7, 11) is 0. The minimum absolute atomic E-state index is 0.193. The van der Waals surface area contributed by atoms with Gasteiger partial charge in [0.05, 0.1) is 17.7 Å². The second kappa shape index (κ2) is 11.9. The first-order valence-corrected chi connectivity index (χ1v) is 12.5. The van der Waals surface area contributed by atoms with Gasteiger partial charge in [-0.3, -0.25) is 4.79 Å². The summed E-state index contributed by atoms with van der Waals surface area (Å²) < 4.78 is 6.04. The highest BCUT2D eigenvalue weighted by Gasteiger charge is 2.17. The van der Waals surface area contributed by atoms with Crippen LogP contribution in [0.5, 0.6) is 5.75 Å². The average molecular weight is 492 g/mol. The fourth-order valence-corrected chi connectivity index (χ4v) is 4.62. The van der Waals surface area contributed by atoms with E-state index >= 15 is 0 Å². The number of hydrogen-bond acceptors (Lipinski definition) is 3. The van der Waals surface area contributed by atoms with E-state index in [4.69, 9.17) is 21.4 Å². The van der Waals surface area contributed by atoms with E-state index in [1.165, 1.54) is 32.1 Å². The Morgan fingerprint density at radius 2 is 1.57 bits per heavy atom. The van der Waals surface area contributed by atoms with Crippen molar-refractivity contribution in [3.63, 3.8) is 0 Å². The van der Waals surface area contributed by atoms with Crippen molar-refractivity contribution in [2.75, 3.05) is 13.2 Å². The molecule has 1 aliphatic carbocycles. The van der Waals surface area contributed by atoms with Crippen molar-refractivity contribution in [2.45, 2.75) is 38.5 Å². The van der Waals surface area contributed by atoms with Crippen molar-refractivity contribution < 1.29 is 19.4 Å². The lowest BCUT2D eigenvalue weighted by molar-refractivity contribution is 0.0696. The van der Waals surface area contributed by atoms with Gasteiger partial charge in [0, 0.05) is 11.6 Å². The standard InChI is InChI=1S/C29H30ClNO4/c30-25-14-15-27(35-19-21-4-2-1-3-5-21)26(18-25)28(32)31-17-16-20-6-8-22(9-7-20)23-10-12-24(13-11-23)29(33)34/h6-15,18,21H,1-5,16-17,19H2,(H,31,32)(H,33,34). The number of benzene rings is 3. The normalized spacial score (nSPS) is 13.9. The summed E-state index contributed by atoms with van der Waals surface area (Å²) in [5.41, 5.74) is 3.79. The van der Waals surface area contributed by atoms with Crippen LogP contribution in [-0.4, -0.2) is 30.1 Å². The number of carboxylic acids is 1. The molecule has 1 fully saturated rings. The Morgan fingerprint density at radius 3 is 2.23 bits per heavy atom. The van der Waals surface area contributed by atoms with Crippen molar-refractivity contribution in [1.29, 1.82) is 0 Å². The van der Waals surface area contributed by atoms with Crippen LogP contribution in [0.2, 0.25) is 5.02 Å². The summed E-state index contributed by atoms with van der Waals surface area (Å²) in [6, 6.07) is 20.0. The predicted octanol–water partition coefficient (Wildman–Crippen LogP) is 6.64. The second-order valence-corrected chi connectivity index (χ2v) is 9.48. The van der Waals surface area contributed by atoms with Gasteiger partial charge >= 0.3 is 5.97 Å². The molecular formula is C29H30ClNO4. The molecule has 4 rings (SSSR count). The molecule has 0 atom stereocenters. The topological polar surface area (TPSA) is 75.6 Å². The Morgan fingerprint density at radius 1 is 0.914 bits per heavy atom. The van der Waals surface area contributed by atoms with E-state index in [9.17, 15) is 9.59 Å². The Balaban J connectivity index is 1.31. The largest absolute Gasteiger partial charge is 0.492 e. The Hall–Kier alpha value is -3.31. The maximum Gasteiger partial charge on any atom is 0.335 e. The van der Waals surface area contributed by atoms with Gasteiger partial charge < -0.3 is 15.2 Å². The average Bonchev–Trinajstić information content (AvgIpc) is 2.89. The molecule has 1 amide bonds. The lowest BCUT2D eigenvalue weighted by Gasteiger charge is -2.22. The first-order chi connectivity index (χ1) is 17.0. The number of hydrogen-bond donors (Lipinski definition) is 2. The third-order valence-corrected chi connectivity index (χ3v) is 6.74. The van der Waals surface area contributed by atoms with Gasteiger partial charge in [0.2, 0.25) is 0 Å². The van der Waals surface area contributed by atoms with Crippen molar-refractivity contribution in [3.05, 3.63) is 88.4 Å². The molecule has 0 unspecified atom stereocenters. The van der Waals surface area contributed by atoms with Gasteiger partial charge in [-0.05, 0) is 72.2 Å². The number of carbonyl (C=O) groups is 2. The zero-order chi connectivity index (χ0) is 24.6. The van der Waals surface area contributed by atoms with Crippen molar-refractivity contribution in [1.82, 2.24) is 5.32 Å². The van der Waals surface area contributed by atoms with Gasteiger partial charge in [-0.2, -0.15) is 0 Å². The van der Waals surface area contributed by atoms with E-state index < -0.39 is 5.97 Å². The molecule has 0 saturated heterocycles. The molecule has 6 heteroatoms. The molecule has 3 aromatic rings. The van der Waals surface area contributed by atoms with E-state index in [2.05, 4.69) is 5.32 Å². The van der Waals surface area contributed by atoms with Crippen LogP contribution in [0, 0.1) is 5.92 Å². The van der Waals surface area contributed by atoms with E-state index in [1.54, 1.807) is 42.5 Å². The van der Waals surface area contributed by atoms with Crippen molar-refractivity contribution >= 4 is 23.5 Å². The summed E-state index contributed by atoms with van der Waals surface area (Å²) in [5.74, 6) is 0.0000639. The molecule has 0 bridgehead atoms. The monoisotopic (exact) mass is 491 g/mol. The van der Waals surface area contributed by atoms with E-state index in [1.807, 2.05) is 24.3 Å². The van der Waals surface area contributed by atoms with E-state index in [-0.39, 0.29) is 11.5 Å². The Labute approximate surface area is 211 Å². The molecule has 0 radical (unpaired) electrons. The van der Waals surface area contributed by atoms with Gasteiger partial charge in [-0.25, -0.2) is 4.79 Å². The fraction of sp³-hybridized carbons (Fsp3) is 0.310. The number of ether oxygens (including phenoxy) is 1. The summed E-state index contributed by atoms with van der Waals surface area (Å²) in [6.07, 6.45) is 6.85. The first kappa shape index (κ1) is 24.8. The number of halogens is 1. The number of aromatic carboxylic acids is 1. The Bertz CT molecular complexity index is 1150. The van der Waals surface area contributed by atoms with Crippen LogP contribution < -0.4 is 10.1 Å². The van der Waals surface area contributed by atoms with E-state index in [0.717, 1.165) is 16.7 Å². The van der Waals surface area contributed by atoms with Crippen LogP contribution >= 0.6 is 11.6 Å². The lowest BCUT2D eigenvalue weighted by Crippen LogP contribution is -2.26. The molecule has 182 valence electrons. The molecule has 0 aliphatic heterocycles. The molecule has 5 nitrogen and oxygen atoms in total. The summed E-state index contributed by atoms with van der Waals surface area (Å²) >= 11 is 6.16. The minimum atomic E-state index is -0.936. The summed E-state index contributed by atoms with van der Waals surface area (Å²) in [5, 5.41) is 12.5. The number of carbonyl (C=O) groups excluding carboxylic acids is 1. The molecule has 2 N–H and O–H groups in total. The quantitative estimate of drug-likeness (QED) is 0.352. The third kappa shape index (κ3) is 6.86. The predicted molar refractivity (Wildman–Crippen MR) is 138 cm³/mol. The number of rotatable bonds is 9. The summed E-state index contributed by atoms with van der Waals surface area (Å²) in [6.45, 7) is 1.12. The maximum absolute atomic E-state index is 12.9. The van der Waals surface area contributed by atoms with E-state index in [0.29, 0.717) is 41.8 Å². The zero-order valence-corrected chi connectivity index (χ0v) is 20.4. The van der Waals surface area contributed by atoms with Crippen LogP contribution in [-0.2, 0) is 6.42 Å². The molecule has 0 spiro atoms. The number of nitrogens with one attached hydrogen (secondary N) is 1. The highest BCUT2D eigenvalue weighted by atomic mass is 35.5. The van der Waals surface area contributed by atoms with Gasteiger partial charge in [-0.15, -0.1) is 0 Å². The highest BCUT2D eigenvalue weighted by Crippen LogP contribution is 2.27. The SMILES string of the molecule is O=C(O)c1ccc(-c2ccc(CCNC(=O)c3cc(Cl)ccc3OCC3CCCCC3)cc2)cc1. The maximum atomic E-state index is 12.9. The minimum Gasteiger partial charge on any atom is -0.492 e. The zero-order valence-electron chi connectivity index (χ0n) is 19.6. The molecule has 1 saturated carbocycles. The number of amides is 1. The van der Waals surface area contributed by atoms with Gasteiger partial charge in [0.1, 0.15) is 5.75 Å². The van der Waals surface area contributed by atoms with Gasteiger partial charge in [-0.1, -0.05) is 67.3 Å². The van der Waals surface area contributed by atoms with Gasteiger partial charge in [0.15, 0.2) is 0 Å². The third-order valence-electron chi connectivity index (χ3n) is 6.50. The molecule has 0 aromatic heterocycles. The first-order valence-electron chi connectivity index (χ1n) is 12.1. The summed E-state index contributed by atoms with van der Waals surface area (Å²) in [4.78, 5) is 23.9. The lowest BCUT2D eigenvalue weighted by atomic mass is 9.90. The molecule has 0 heterocycles. The smallest absolute Gasteiger partial charge is 0.335 e. The van der Waals surface area contributed by atoms with Crippen LogP contribution in [0.25, 0.3) is 11.1 Å². The van der Waals surface area contributed by atoms with Crippen LogP contribution in [0.15, 0.2) is 66.7 Å². The Kier molecular flexibility index (Phi) is 8.43.